The van der Waals surface area contributed by atoms with E-state index in [0.29, 0.717) is 25.2 Å². The van der Waals surface area contributed by atoms with Crippen LogP contribution in [0.1, 0.15) is 53.9 Å². The molecule has 0 bridgehead atoms. The van der Waals surface area contributed by atoms with E-state index < -0.39 is 23.9 Å². The highest BCUT2D eigenvalue weighted by Crippen LogP contribution is 2.39. The molecule has 3 heterocycles. The monoisotopic (exact) mass is 544 g/mol. The highest BCUT2D eigenvalue weighted by atomic mass is 19.1. The molecule has 216 valence electrons. The minimum atomic E-state index is -1.02. The molecule has 0 spiro atoms. The normalized spacial score (nSPS) is 31.3. The van der Waals surface area contributed by atoms with Gasteiger partial charge in [-0.1, -0.05) is 25.0 Å². The number of amides is 2. The zero-order chi connectivity index (χ0) is 27.4. The van der Waals surface area contributed by atoms with Gasteiger partial charge in [-0.3, -0.25) is 20.2 Å². The number of nitrogens with two attached hydrogens (primary N) is 2. The maximum Gasteiger partial charge on any atom is 0.253 e. The summed E-state index contributed by atoms with van der Waals surface area (Å²) < 4.78 is 14.2. The van der Waals surface area contributed by atoms with Gasteiger partial charge < -0.3 is 32.3 Å². The zero-order valence-electron chi connectivity index (χ0n) is 22.8. The fourth-order valence-corrected chi connectivity index (χ4v) is 7.13. The third kappa shape index (κ3) is 6.13. The molecule has 1 saturated carbocycles. The lowest BCUT2D eigenvalue weighted by Crippen LogP contribution is -2.77. The molecule has 2 amide bonds. The van der Waals surface area contributed by atoms with Gasteiger partial charge in [-0.2, -0.15) is 0 Å². The lowest BCUT2D eigenvalue weighted by Gasteiger charge is -2.50. The van der Waals surface area contributed by atoms with Gasteiger partial charge in [0.05, 0.1) is 17.7 Å². The maximum atomic E-state index is 14.2. The van der Waals surface area contributed by atoms with Gasteiger partial charge in [0.15, 0.2) is 0 Å². The number of nitrogens with one attached hydrogen (secondary N) is 5. The fourth-order valence-electron chi connectivity index (χ4n) is 7.13. The van der Waals surface area contributed by atoms with Crippen molar-refractivity contribution in [3.8, 4) is 0 Å². The summed E-state index contributed by atoms with van der Waals surface area (Å²) >= 11 is 0. The first-order valence-corrected chi connectivity index (χ1v) is 14.7. The largest absolute Gasteiger partial charge is 0.351 e. The van der Waals surface area contributed by atoms with E-state index in [9.17, 15) is 14.0 Å². The predicted molar refractivity (Wildman–Crippen MR) is 149 cm³/mol. The number of carbonyl (C=O) groups is 2. The topological polar surface area (TPSA) is 150 Å². The first-order valence-electron chi connectivity index (χ1n) is 14.7. The number of rotatable bonds is 7. The Kier molecular flexibility index (Phi) is 9.15. The standard InChI is InChI=1S/C28H45FN8O2/c29-21-15-34-28(35-16-21,20-3-1-2-4-20)24(25(30)31)26(38)36-23-17-33-10-9-22(23)18-5-7-19(8-6-18)27(39)37-13-11-32-12-14-37/h5-8,20-25,32-35H,1-4,9-17,30-31H2,(H,36,38). The van der Waals surface area contributed by atoms with E-state index in [-0.39, 0.29) is 42.8 Å². The van der Waals surface area contributed by atoms with E-state index in [1.165, 1.54) is 0 Å². The van der Waals surface area contributed by atoms with Gasteiger partial charge in [-0.15, -0.1) is 0 Å². The molecule has 3 unspecified atom stereocenters. The van der Waals surface area contributed by atoms with E-state index in [1.54, 1.807) is 0 Å². The summed E-state index contributed by atoms with van der Waals surface area (Å²) in [7, 11) is 0. The van der Waals surface area contributed by atoms with Gasteiger partial charge in [0, 0.05) is 63.3 Å². The lowest BCUT2D eigenvalue weighted by molar-refractivity contribution is -0.133. The number of benzene rings is 1. The smallest absolute Gasteiger partial charge is 0.253 e. The first kappa shape index (κ1) is 28.4. The molecule has 10 nitrogen and oxygen atoms in total. The van der Waals surface area contributed by atoms with Crippen LogP contribution in [-0.2, 0) is 4.79 Å². The van der Waals surface area contributed by atoms with Crippen LogP contribution in [0, 0.1) is 11.8 Å². The van der Waals surface area contributed by atoms with Crippen LogP contribution in [0.25, 0.3) is 0 Å². The van der Waals surface area contributed by atoms with E-state index in [1.807, 2.05) is 29.2 Å². The van der Waals surface area contributed by atoms with E-state index >= 15 is 0 Å². The van der Waals surface area contributed by atoms with E-state index in [4.69, 9.17) is 11.5 Å². The quantitative estimate of drug-likeness (QED) is 0.229. The Morgan fingerprint density at radius 1 is 0.949 bits per heavy atom. The Labute approximate surface area is 230 Å². The van der Waals surface area contributed by atoms with E-state index in [0.717, 1.165) is 57.3 Å². The highest BCUT2D eigenvalue weighted by molar-refractivity contribution is 5.94. The number of nitrogens with zero attached hydrogens (tertiary/aromatic N) is 1. The molecule has 0 radical (unpaired) electrons. The minimum absolute atomic E-state index is 0.0539. The summed E-state index contributed by atoms with van der Waals surface area (Å²) in [5.41, 5.74) is 13.5. The van der Waals surface area contributed by atoms with Crippen molar-refractivity contribution in [3.63, 3.8) is 0 Å². The molecule has 1 aromatic carbocycles. The lowest BCUT2D eigenvalue weighted by atomic mass is 9.76. The van der Waals surface area contributed by atoms with Crippen LogP contribution in [0.5, 0.6) is 0 Å². The Balaban J connectivity index is 1.32. The second-order valence-electron chi connectivity index (χ2n) is 11.6. The number of carbonyl (C=O) groups excluding carboxylic acids is 2. The summed E-state index contributed by atoms with van der Waals surface area (Å²) in [6, 6.07) is 7.67. The van der Waals surface area contributed by atoms with Crippen LogP contribution in [0.4, 0.5) is 4.39 Å². The van der Waals surface area contributed by atoms with Crippen molar-refractivity contribution in [2.24, 2.45) is 23.3 Å². The Morgan fingerprint density at radius 2 is 1.62 bits per heavy atom. The van der Waals surface area contributed by atoms with Crippen LogP contribution in [-0.4, -0.2) is 93.1 Å². The van der Waals surface area contributed by atoms with Gasteiger partial charge in [0.2, 0.25) is 5.91 Å². The molecule has 11 heteroatoms. The summed E-state index contributed by atoms with van der Waals surface area (Å²) in [6.07, 6.45) is 2.95. The van der Waals surface area contributed by atoms with Gasteiger partial charge in [-0.25, -0.2) is 4.39 Å². The summed E-state index contributed by atoms with van der Waals surface area (Å²) in [5, 5.41) is 16.7. The second kappa shape index (κ2) is 12.6. The number of piperazine rings is 1. The van der Waals surface area contributed by atoms with Gasteiger partial charge >= 0.3 is 0 Å². The number of hydrogen-bond donors (Lipinski definition) is 7. The fraction of sp³-hybridized carbons (Fsp3) is 0.714. The van der Waals surface area contributed by atoms with Crippen LogP contribution in [0.2, 0.25) is 0 Å². The molecule has 5 rings (SSSR count). The summed E-state index contributed by atoms with van der Waals surface area (Å²) in [6.45, 7) is 4.86. The third-order valence-electron chi connectivity index (χ3n) is 9.19. The van der Waals surface area contributed by atoms with Crippen molar-refractivity contribution in [2.75, 3.05) is 52.4 Å². The van der Waals surface area contributed by atoms with Crippen molar-refractivity contribution in [1.29, 1.82) is 0 Å². The number of alkyl halides is 1. The maximum absolute atomic E-state index is 14.2. The predicted octanol–water partition coefficient (Wildman–Crippen LogP) is -0.429. The Morgan fingerprint density at radius 3 is 2.26 bits per heavy atom. The molecule has 4 aliphatic rings. The summed E-state index contributed by atoms with van der Waals surface area (Å²) in [5.74, 6) is -0.680. The highest BCUT2D eigenvalue weighted by Gasteiger charge is 2.53. The molecule has 9 N–H and O–H groups in total. The number of piperidine rings is 1. The van der Waals surface area contributed by atoms with Crippen molar-refractivity contribution >= 4 is 11.8 Å². The Hall–Kier alpha value is -2.15. The van der Waals surface area contributed by atoms with Crippen molar-refractivity contribution in [2.45, 2.75) is 62.1 Å². The zero-order valence-corrected chi connectivity index (χ0v) is 22.8. The second-order valence-corrected chi connectivity index (χ2v) is 11.6. The molecule has 4 fully saturated rings. The molecule has 3 atom stereocenters. The van der Waals surface area contributed by atoms with Gasteiger partial charge in [-0.05, 0) is 49.4 Å². The number of halogens is 1. The third-order valence-corrected chi connectivity index (χ3v) is 9.19. The number of hydrogen-bond acceptors (Lipinski definition) is 8. The van der Waals surface area contributed by atoms with Gasteiger partial charge in [0.25, 0.3) is 5.91 Å². The molecule has 39 heavy (non-hydrogen) atoms. The van der Waals surface area contributed by atoms with Crippen LogP contribution < -0.4 is 38.1 Å². The Bertz CT molecular complexity index is 972. The van der Waals surface area contributed by atoms with Crippen molar-refractivity contribution in [1.82, 2.24) is 31.5 Å². The van der Waals surface area contributed by atoms with Crippen molar-refractivity contribution in [3.05, 3.63) is 35.4 Å². The summed E-state index contributed by atoms with van der Waals surface area (Å²) in [4.78, 5) is 28.8. The molecule has 3 saturated heterocycles. The van der Waals surface area contributed by atoms with E-state index in [2.05, 4.69) is 26.6 Å². The first-order chi connectivity index (χ1) is 18.9. The average molecular weight is 545 g/mol. The SMILES string of the molecule is NC(N)C(C(=O)NC1CNCCC1c1ccc(C(=O)N2CCNCC2)cc1)C1(C2CCCC2)NCC(F)CN1. The van der Waals surface area contributed by atoms with Crippen LogP contribution in [0.15, 0.2) is 24.3 Å². The molecular weight excluding hydrogens is 499 g/mol. The van der Waals surface area contributed by atoms with Gasteiger partial charge in [0.1, 0.15) is 6.17 Å². The van der Waals surface area contributed by atoms with Crippen LogP contribution >= 0.6 is 0 Å². The molecule has 3 aliphatic heterocycles. The molecule has 1 aromatic rings. The van der Waals surface area contributed by atoms with Crippen molar-refractivity contribution < 1.29 is 14.0 Å². The average Bonchev–Trinajstić information content (AvgIpc) is 3.51. The minimum Gasteiger partial charge on any atom is -0.351 e. The van der Waals surface area contributed by atoms with Crippen LogP contribution in [0.3, 0.4) is 0 Å². The molecule has 0 aromatic heterocycles. The molecular formula is C28H45FN8O2. The molecule has 1 aliphatic carbocycles.